The third-order valence-corrected chi connectivity index (χ3v) is 6.60. The van der Waals surface area contributed by atoms with E-state index in [4.69, 9.17) is 36.9 Å². The van der Waals surface area contributed by atoms with Gasteiger partial charge in [0, 0.05) is 18.6 Å². The third-order valence-electron chi connectivity index (χ3n) is 6.60. The van der Waals surface area contributed by atoms with Gasteiger partial charge < -0.3 is 36.9 Å². The van der Waals surface area contributed by atoms with Crippen molar-refractivity contribution in [1.29, 1.82) is 0 Å². The zero-order chi connectivity index (χ0) is 31.8. The number of fused-ring (bicyclic) bond motifs is 1. The van der Waals surface area contributed by atoms with Gasteiger partial charge in [-0.05, 0) is 58.9 Å². The molecule has 10 heteroatoms. The first kappa shape index (κ1) is 34.7. The number of hydrogen-bond donors (Lipinski definition) is 6. The maximum atomic E-state index is 10.6. The summed E-state index contributed by atoms with van der Waals surface area (Å²) in [6.45, 7) is 2.28. The Morgan fingerprint density at radius 1 is 0.744 bits per heavy atom. The van der Waals surface area contributed by atoms with Crippen molar-refractivity contribution in [3.05, 3.63) is 108 Å². The van der Waals surface area contributed by atoms with E-state index in [0.717, 1.165) is 22.1 Å². The van der Waals surface area contributed by atoms with E-state index in [-0.39, 0.29) is 24.9 Å². The van der Waals surface area contributed by atoms with Gasteiger partial charge >= 0.3 is 17.9 Å². The van der Waals surface area contributed by atoms with Crippen LogP contribution in [0.25, 0.3) is 10.8 Å². The fourth-order valence-corrected chi connectivity index (χ4v) is 4.49. The van der Waals surface area contributed by atoms with Gasteiger partial charge in [0.2, 0.25) is 0 Å². The molecule has 230 valence electrons. The summed E-state index contributed by atoms with van der Waals surface area (Å²) in [4.78, 5) is 31.6. The molecule has 0 spiro atoms. The van der Waals surface area contributed by atoms with Gasteiger partial charge in [-0.2, -0.15) is 0 Å². The molecule has 0 saturated heterocycles. The standard InChI is InChI=1S/C14H15NO2.C11H16N2O2.C8H10O3/c15-13(9-14(16)17)8-10-5-6-11-3-1-2-4-12(11)7-10;12-7-9-4-2-1-3-8(9)5-10(13)6-11(14)15;1-2-6(8(9)10)7-4-3-5-11-7/h1-7,13H,8-9,15H2,(H,16,17);1-4,10H,5-7,12-13H2,(H,14,15);3-6H,2H2,1H3,(H,9,10). The summed E-state index contributed by atoms with van der Waals surface area (Å²) >= 11 is 0. The van der Waals surface area contributed by atoms with E-state index in [9.17, 15) is 14.4 Å². The number of hydrogen-bond acceptors (Lipinski definition) is 7. The highest BCUT2D eigenvalue weighted by molar-refractivity contribution is 5.83. The van der Waals surface area contributed by atoms with Crippen LogP contribution in [0.5, 0.6) is 0 Å². The van der Waals surface area contributed by atoms with Gasteiger partial charge in [0.05, 0.1) is 19.1 Å². The summed E-state index contributed by atoms with van der Waals surface area (Å²) in [5.41, 5.74) is 20.2. The summed E-state index contributed by atoms with van der Waals surface area (Å²) in [5.74, 6) is -2.52. The van der Waals surface area contributed by atoms with Gasteiger partial charge in [-0.3, -0.25) is 14.4 Å². The predicted molar refractivity (Wildman–Crippen MR) is 166 cm³/mol. The van der Waals surface area contributed by atoms with Crippen molar-refractivity contribution in [1.82, 2.24) is 0 Å². The second kappa shape index (κ2) is 18.1. The highest BCUT2D eigenvalue weighted by atomic mass is 16.4. The van der Waals surface area contributed by atoms with Gasteiger partial charge in [0.15, 0.2) is 0 Å². The second-order valence-corrected chi connectivity index (χ2v) is 10.1. The maximum Gasteiger partial charge on any atom is 0.314 e. The Labute approximate surface area is 251 Å². The van der Waals surface area contributed by atoms with Crippen LogP contribution in [0.15, 0.2) is 89.5 Å². The SMILES string of the molecule is CCC(C(=O)O)c1ccco1.NC(CC(=O)O)Cc1ccc2ccccc2c1.NCc1ccccc1CC(N)CC(=O)O. The average molecular weight is 592 g/mol. The lowest BCUT2D eigenvalue weighted by Gasteiger charge is -2.12. The predicted octanol–water partition coefficient (Wildman–Crippen LogP) is 4.53. The fourth-order valence-electron chi connectivity index (χ4n) is 4.49. The summed E-state index contributed by atoms with van der Waals surface area (Å²) in [6, 6.07) is 24.6. The first-order valence-electron chi connectivity index (χ1n) is 14.0. The van der Waals surface area contributed by atoms with Crippen molar-refractivity contribution in [3.8, 4) is 0 Å². The van der Waals surface area contributed by atoms with E-state index in [1.54, 1.807) is 12.1 Å². The van der Waals surface area contributed by atoms with E-state index in [0.29, 0.717) is 31.6 Å². The van der Waals surface area contributed by atoms with Crippen LogP contribution in [0.1, 0.15) is 54.6 Å². The number of carboxylic acids is 3. The number of furan rings is 1. The van der Waals surface area contributed by atoms with Crippen molar-refractivity contribution in [2.45, 2.75) is 63.6 Å². The normalized spacial score (nSPS) is 12.6. The van der Waals surface area contributed by atoms with Crippen molar-refractivity contribution in [3.63, 3.8) is 0 Å². The number of rotatable bonds is 12. The molecule has 0 bridgehead atoms. The highest BCUT2D eigenvalue weighted by Gasteiger charge is 2.19. The van der Waals surface area contributed by atoms with Crippen LogP contribution in [0.2, 0.25) is 0 Å². The van der Waals surface area contributed by atoms with Gasteiger partial charge in [-0.25, -0.2) is 0 Å². The molecule has 4 rings (SSSR count). The molecule has 43 heavy (non-hydrogen) atoms. The van der Waals surface area contributed by atoms with Crippen molar-refractivity contribution < 1.29 is 34.1 Å². The minimum absolute atomic E-state index is 0.00677. The number of carbonyl (C=O) groups is 3. The van der Waals surface area contributed by atoms with Gasteiger partial charge in [-0.15, -0.1) is 0 Å². The van der Waals surface area contributed by atoms with Crippen LogP contribution in [0.3, 0.4) is 0 Å². The van der Waals surface area contributed by atoms with E-state index < -0.39 is 23.8 Å². The van der Waals surface area contributed by atoms with Crippen LogP contribution in [-0.4, -0.2) is 45.3 Å². The van der Waals surface area contributed by atoms with Crippen LogP contribution >= 0.6 is 0 Å². The van der Waals surface area contributed by atoms with Crippen molar-refractivity contribution >= 4 is 28.7 Å². The zero-order valence-electron chi connectivity index (χ0n) is 24.3. The molecule has 3 aromatic carbocycles. The van der Waals surface area contributed by atoms with Gasteiger partial charge in [0.1, 0.15) is 11.7 Å². The summed E-state index contributed by atoms with van der Waals surface area (Å²) in [5, 5.41) is 28.3. The molecule has 0 aliphatic carbocycles. The molecule has 0 fully saturated rings. The fraction of sp³-hybridized carbons (Fsp3) is 0.303. The van der Waals surface area contributed by atoms with Crippen LogP contribution < -0.4 is 17.2 Å². The lowest BCUT2D eigenvalue weighted by atomic mass is 9.99. The Bertz CT molecular complexity index is 1440. The molecular formula is C33H41N3O7. The third kappa shape index (κ3) is 12.5. The summed E-state index contributed by atoms with van der Waals surface area (Å²) in [6.07, 6.45) is 3.19. The second-order valence-electron chi connectivity index (χ2n) is 10.1. The Morgan fingerprint density at radius 2 is 1.33 bits per heavy atom. The maximum absolute atomic E-state index is 10.6. The van der Waals surface area contributed by atoms with Crippen LogP contribution in [-0.2, 0) is 33.8 Å². The number of carboxylic acid groups (broad SMARTS) is 3. The molecule has 0 aliphatic heterocycles. The Hall–Kier alpha value is -4.51. The summed E-state index contributed by atoms with van der Waals surface area (Å²) < 4.78 is 4.97. The topological polar surface area (TPSA) is 203 Å². The minimum atomic E-state index is -0.868. The highest BCUT2D eigenvalue weighted by Crippen LogP contribution is 2.19. The van der Waals surface area contributed by atoms with E-state index >= 15 is 0 Å². The van der Waals surface area contributed by atoms with Gasteiger partial charge in [-0.1, -0.05) is 73.7 Å². The lowest BCUT2D eigenvalue weighted by molar-refractivity contribution is -0.139. The molecule has 0 saturated carbocycles. The molecule has 0 radical (unpaired) electrons. The monoisotopic (exact) mass is 591 g/mol. The number of nitrogens with two attached hydrogens (primary N) is 3. The largest absolute Gasteiger partial charge is 0.481 e. The van der Waals surface area contributed by atoms with Gasteiger partial charge in [0.25, 0.3) is 0 Å². The number of benzene rings is 3. The Morgan fingerprint density at radius 3 is 1.86 bits per heavy atom. The first-order chi connectivity index (χ1) is 20.5. The quantitative estimate of drug-likeness (QED) is 0.136. The molecule has 3 unspecified atom stereocenters. The first-order valence-corrected chi connectivity index (χ1v) is 14.0. The van der Waals surface area contributed by atoms with Crippen LogP contribution in [0, 0.1) is 0 Å². The Kier molecular flexibility index (Phi) is 14.6. The molecule has 3 atom stereocenters. The summed E-state index contributed by atoms with van der Waals surface area (Å²) in [7, 11) is 0. The van der Waals surface area contributed by atoms with E-state index in [2.05, 4.69) is 12.1 Å². The van der Waals surface area contributed by atoms with Crippen molar-refractivity contribution in [2.75, 3.05) is 0 Å². The lowest BCUT2D eigenvalue weighted by Crippen LogP contribution is -2.26. The average Bonchev–Trinajstić information content (AvgIpc) is 3.48. The smallest absolute Gasteiger partial charge is 0.314 e. The zero-order valence-corrected chi connectivity index (χ0v) is 24.3. The van der Waals surface area contributed by atoms with Crippen molar-refractivity contribution in [2.24, 2.45) is 17.2 Å². The molecule has 0 amide bonds. The molecular weight excluding hydrogens is 550 g/mol. The van der Waals surface area contributed by atoms with Crippen LogP contribution in [0.4, 0.5) is 0 Å². The molecule has 1 heterocycles. The Balaban J connectivity index is 0.000000231. The molecule has 1 aromatic heterocycles. The molecule has 0 aliphatic rings. The number of aliphatic carboxylic acids is 3. The van der Waals surface area contributed by atoms with E-state index in [1.165, 1.54) is 11.6 Å². The molecule has 4 aromatic rings. The molecule has 9 N–H and O–H groups in total. The molecule has 10 nitrogen and oxygen atoms in total. The minimum Gasteiger partial charge on any atom is -0.481 e. The van der Waals surface area contributed by atoms with E-state index in [1.807, 2.05) is 61.5 Å².